The highest BCUT2D eigenvalue weighted by atomic mass is 32.2. The van der Waals surface area contributed by atoms with Crippen molar-refractivity contribution < 1.29 is 13.2 Å². The Morgan fingerprint density at radius 3 is 2.32 bits per heavy atom. The Morgan fingerprint density at radius 1 is 0.929 bits per heavy atom. The van der Waals surface area contributed by atoms with Crippen LogP contribution in [0, 0.1) is 6.92 Å². The number of carbonyl (C=O) groups is 1. The van der Waals surface area contributed by atoms with Gasteiger partial charge < -0.3 is 9.80 Å². The molecule has 0 N–H and O–H groups in total. The van der Waals surface area contributed by atoms with E-state index in [9.17, 15) is 13.2 Å². The number of rotatable bonds is 3. The third-order valence-electron chi connectivity index (χ3n) is 5.60. The van der Waals surface area contributed by atoms with Crippen molar-refractivity contribution in [2.45, 2.75) is 13.3 Å². The maximum Gasteiger partial charge on any atom is 0.253 e. The van der Waals surface area contributed by atoms with Crippen molar-refractivity contribution in [3.63, 3.8) is 0 Å². The second kappa shape index (κ2) is 7.13. The van der Waals surface area contributed by atoms with Crippen LogP contribution in [0.3, 0.4) is 0 Å². The smallest absolute Gasteiger partial charge is 0.253 e. The van der Waals surface area contributed by atoms with Crippen LogP contribution in [0.2, 0.25) is 0 Å². The molecule has 2 aromatic carbocycles. The summed E-state index contributed by atoms with van der Waals surface area (Å²) in [6.07, 6.45) is 1.86. The van der Waals surface area contributed by atoms with Crippen LogP contribution in [-0.4, -0.2) is 58.2 Å². The topological polar surface area (TPSA) is 60.9 Å². The monoisotopic (exact) mass is 399 g/mol. The van der Waals surface area contributed by atoms with Crippen molar-refractivity contribution in [3.05, 3.63) is 59.2 Å². The van der Waals surface area contributed by atoms with Gasteiger partial charge in [0.05, 0.1) is 11.9 Å². The first kappa shape index (κ1) is 18.8. The predicted octanol–water partition coefficient (Wildman–Crippen LogP) is 2.28. The first-order chi connectivity index (χ1) is 13.3. The minimum atomic E-state index is -3.27. The summed E-state index contributed by atoms with van der Waals surface area (Å²) in [4.78, 5) is 17.2. The van der Waals surface area contributed by atoms with Gasteiger partial charge in [-0.15, -0.1) is 0 Å². The zero-order valence-corrected chi connectivity index (χ0v) is 17.1. The van der Waals surface area contributed by atoms with Crippen LogP contribution in [0.4, 0.5) is 11.4 Å². The Balaban J connectivity index is 1.46. The average molecular weight is 400 g/mol. The van der Waals surface area contributed by atoms with Crippen LogP contribution in [0.5, 0.6) is 0 Å². The number of carbonyl (C=O) groups excluding carboxylic acids is 1. The standard InChI is InChI=1S/C21H25N3O3S/c1-16-5-3-4-6-19(16)22-11-13-23(14-12-22)21(25)18-7-8-20-17(15-18)9-10-24(20)28(2,26)27/h3-8,15H,9-14H2,1-2H3. The number of nitrogens with zero attached hydrogens (tertiary/aromatic N) is 3. The van der Waals surface area contributed by atoms with E-state index in [-0.39, 0.29) is 5.91 Å². The predicted molar refractivity (Wildman–Crippen MR) is 112 cm³/mol. The van der Waals surface area contributed by atoms with Gasteiger partial charge in [-0.2, -0.15) is 0 Å². The van der Waals surface area contributed by atoms with Gasteiger partial charge in [0, 0.05) is 44.0 Å². The first-order valence-corrected chi connectivity index (χ1v) is 11.4. The fourth-order valence-electron chi connectivity index (χ4n) is 4.10. The molecule has 148 valence electrons. The lowest BCUT2D eigenvalue weighted by Gasteiger charge is -2.37. The molecule has 6 nitrogen and oxygen atoms in total. The van der Waals surface area contributed by atoms with E-state index in [2.05, 4.69) is 24.0 Å². The summed E-state index contributed by atoms with van der Waals surface area (Å²) in [5.41, 5.74) is 4.74. The minimum Gasteiger partial charge on any atom is -0.368 e. The second-order valence-electron chi connectivity index (χ2n) is 7.49. The summed E-state index contributed by atoms with van der Waals surface area (Å²) in [6, 6.07) is 13.7. The fraction of sp³-hybridized carbons (Fsp3) is 0.381. The molecule has 2 aliphatic rings. The molecule has 0 saturated carbocycles. The molecular formula is C21H25N3O3S. The lowest BCUT2D eigenvalue weighted by molar-refractivity contribution is 0.0746. The van der Waals surface area contributed by atoms with Crippen molar-refractivity contribution in [2.75, 3.05) is 48.2 Å². The largest absolute Gasteiger partial charge is 0.368 e. The molecule has 1 fully saturated rings. The van der Waals surface area contributed by atoms with E-state index >= 15 is 0 Å². The van der Waals surface area contributed by atoms with E-state index in [4.69, 9.17) is 0 Å². The van der Waals surface area contributed by atoms with Gasteiger partial charge in [0.2, 0.25) is 10.0 Å². The molecule has 0 bridgehead atoms. The SMILES string of the molecule is Cc1ccccc1N1CCN(C(=O)c2ccc3c(c2)CCN3S(C)(=O)=O)CC1. The fourth-order valence-corrected chi connectivity index (χ4v) is 5.06. The number of hydrogen-bond donors (Lipinski definition) is 0. The summed E-state index contributed by atoms with van der Waals surface area (Å²) in [7, 11) is -3.27. The van der Waals surface area contributed by atoms with E-state index in [1.54, 1.807) is 12.1 Å². The molecule has 2 aliphatic heterocycles. The molecule has 0 radical (unpaired) electrons. The molecule has 0 aliphatic carbocycles. The van der Waals surface area contributed by atoms with Crippen molar-refractivity contribution in [3.8, 4) is 0 Å². The molecule has 1 saturated heterocycles. The van der Waals surface area contributed by atoms with Gasteiger partial charge in [-0.25, -0.2) is 8.42 Å². The maximum atomic E-state index is 13.0. The van der Waals surface area contributed by atoms with Crippen LogP contribution < -0.4 is 9.21 Å². The lowest BCUT2D eigenvalue weighted by atomic mass is 10.1. The molecule has 0 unspecified atom stereocenters. The van der Waals surface area contributed by atoms with Crippen LogP contribution in [0.25, 0.3) is 0 Å². The highest BCUT2D eigenvalue weighted by Crippen LogP contribution is 2.31. The zero-order valence-electron chi connectivity index (χ0n) is 16.3. The second-order valence-corrected chi connectivity index (χ2v) is 9.40. The molecule has 1 amide bonds. The summed E-state index contributed by atoms with van der Waals surface area (Å²) in [5.74, 6) is 0.0186. The Morgan fingerprint density at radius 2 is 1.64 bits per heavy atom. The summed E-state index contributed by atoms with van der Waals surface area (Å²) < 4.78 is 25.2. The number of amides is 1. The molecule has 7 heteroatoms. The quantitative estimate of drug-likeness (QED) is 0.795. The number of aryl methyl sites for hydroxylation is 1. The number of para-hydroxylation sites is 1. The molecule has 28 heavy (non-hydrogen) atoms. The van der Waals surface area contributed by atoms with Crippen molar-refractivity contribution in [2.24, 2.45) is 0 Å². The van der Waals surface area contributed by atoms with Crippen molar-refractivity contribution in [1.82, 2.24) is 4.90 Å². The Kier molecular flexibility index (Phi) is 4.79. The van der Waals surface area contributed by atoms with Gasteiger partial charge in [0.15, 0.2) is 0 Å². The van der Waals surface area contributed by atoms with Gasteiger partial charge >= 0.3 is 0 Å². The number of sulfonamides is 1. The zero-order chi connectivity index (χ0) is 19.9. The highest BCUT2D eigenvalue weighted by molar-refractivity contribution is 7.92. The van der Waals surface area contributed by atoms with Crippen LogP contribution >= 0.6 is 0 Å². The van der Waals surface area contributed by atoms with Crippen LogP contribution in [-0.2, 0) is 16.4 Å². The summed E-state index contributed by atoms with van der Waals surface area (Å²) in [5, 5.41) is 0. The van der Waals surface area contributed by atoms with E-state index in [1.165, 1.54) is 21.8 Å². The number of hydrogen-bond acceptors (Lipinski definition) is 4. The van der Waals surface area contributed by atoms with Crippen molar-refractivity contribution >= 4 is 27.3 Å². The van der Waals surface area contributed by atoms with E-state index in [1.807, 2.05) is 23.1 Å². The summed E-state index contributed by atoms with van der Waals surface area (Å²) in [6.45, 7) is 5.53. The molecular weight excluding hydrogens is 374 g/mol. The maximum absolute atomic E-state index is 13.0. The van der Waals surface area contributed by atoms with E-state index in [0.29, 0.717) is 37.3 Å². The summed E-state index contributed by atoms with van der Waals surface area (Å²) >= 11 is 0. The molecule has 4 rings (SSSR count). The molecule has 2 aromatic rings. The van der Waals surface area contributed by atoms with E-state index < -0.39 is 10.0 Å². The number of piperazine rings is 1. The Bertz CT molecular complexity index is 1010. The first-order valence-electron chi connectivity index (χ1n) is 9.55. The normalized spacial score (nSPS) is 17.0. The van der Waals surface area contributed by atoms with Gasteiger partial charge in [0.1, 0.15) is 0 Å². The average Bonchev–Trinajstić information content (AvgIpc) is 3.12. The number of benzene rings is 2. The number of fused-ring (bicyclic) bond motifs is 1. The molecule has 0 spiro atoms. The van der Waals surface area contributed by atoms with Gasteiger partial charge in [-0.05, 0) is 48.7 Å². The van der Waals surface area contributed by atoms with Crippen LogP contribution in [0.15, 0.2) is 42.5 Å². The Labute approximate surface area is 166 Å². The lowest BCUT2D eigenvalue weighted by Crippen LogP contribution is -2.49. The van der Waals surface area contributed by atoms with Crippen LogP contribution in [0.1, 0.15) is 21.5 Å². The molecule has 2 heterocycles. The third-order valence-corrected chi connectivity index (χ3v) is 6.78. The highest BCUT2D eigenvalue weighted by Gasteiger charge is 2.28. The van der Waals surface area contributed by atoms with Crippen molar-refractivity contribution in [1.29, 1.82) is 0 Å². The molecule has 0 aromatic heterocycles. The number of anilines is 2. The third kappa shape index (κ3) is 3.46. The van der Waals surface area contributed by atoms with Gasteiger partial charge in [-0.3, -0.25) is 9.10 Å². The van der Waals surface area contributed by atoms with Gasteiger partial charge in [-0.1, -0.05) is 18.2 Å². The minimum absolute atomic E-state index is 0.0186. The Hall–Kier alpha value is -2.54. The molecule has 0 atom stereocenters. The van der Waals surface area contributed by atoms with E-state index in [0.717, 1.165) is 18.7 Å². The van der Waals surface area contributed by atoms with Gasteiger partial charge in [0.25, 0.3) is 5.91 Å².